The highest BCUT2D eigenvalue weighted by Gasteiger charge is 2.42. The van der Waals surface area contributed by atoms with Crippen molar-refractivity contribution in [3.05, 3.63) is 35.9 Å². The van der Waals surface area contributed by atoms with E-state index in [1.807, 2.05) is 0 Å². The maximum absolute atomic E-state index is 6.02. The molecule has 2 N–H and O–H groups in total. The van der Waals surface area contributed by atoms with Crippen molar-refractivity contribution in [1.29, 1.82) is 0 Å². The summed E-state index contributed by atoms with van der Waals surface area (Å²) < 4.78 is 6.02. The second-order valence-electron chi connectivity index (χ2n) is 6.32. The topological polar surface area (TPSA) is 35.2 Å². The van der Waals surface area contributed by atoms with E-state index in [4.69, 9.17) is 10.5 Å². The van der Waals surface area contributed by atoms with Gasteiger partial charge in [0, 0.05) is 6.61 Å². The Kier molecular flexibility index (Phi) is 3.90. The van der Waals surface area contributed by atoms with E-state index in [-0.39, 0.29) is 5.60 Å². The Labute approximate surface area is 116 Å². The molecule has 1 aromatic carbocycles. The standard InChI is InChI=1S/C17H25NO/c18-13-16(15-5-2-1-3-6-15)11-14-7-10-19-17(12-14)8-4-9-17/h1-3,5-6,14,16H,4,7-13,18H2. The summed E-state index contributed by atoms with van der Waals surface area (Å²) in [6, 6.07) is 10.8. The lowest BCUT2D eigenvalue weighted by atomic mass is 9.70. The van der Waals surface area contributed by atoms with E-state index >= 15 is 0 Å². The third-order valence-corrected chi connectivity index (χ3v) is 5.03. The van der Waals surface area contributed by atoms with Gasteiger partial charge in [-0.05, 0) is 62.5 Å². The average molecular weight is 259 g/mol. The van der Waals surface area contributed by atoms with Crippen LogP contribution in [0.4, 0.5) is 0 Å². The summed E-state index contributed by atoms with van der Waals surface area (Å²) in [6.45, 7) is 1.71. The van der Waals surface area contributed by atoms with Gasteiger partial charge in [0.15, 0.2) is 0 Å². The van der Waals surface area contributed by atoms with Crippen molar-refractivity contribution in [3.8, 4) is 0 Å². The number of hydrogen-bond donors (Lipinski definition) is 1. The van der Waals surface area contributed by atoms with Crippen molar-refractivity contribution < 1.29 is 4.74 Å². The third kappa shape index (κ3) is 2.85. The molecule has 1 spiro atoms. The van der Waals surface area contributed by atoms with Gasteiger partial charge in [-0.25, -0.2) is 0 Å². The van der Waals surface area contributed by atoms with Crippen molar-refractivity contribution in [2.45, 2.75) is 50.0 Å². The quantitative estimate of drug-likeness (QED) is 0.898. The van der Waals surface area contributed by atoms with Crippen LogP contribution in [0.1, 0.15) is 50.0 Å². The molecule has 104 valence electrons. The second kappa shape index (κ2) is 5.64. The van der Waals surface area contributed by atoms with Crippen LogP contribution < -0.4 is 5.73 Å². The fourth-order valence-electron chi connectivity index (χ4n) is 3.75. The summed E-state index contributed by atoms with van der Waals surface area (Å²) in [5, 5.41) is 0. The first-order chi connectivity index (χ1) is 9.31. The van der Waals surface area contributed by atoms with Crippen LogP contribution in [-0.2, 0) is 4.74 Å². The van der Waals surface area contributed by atoms with Gasteiger partial charge in [-0.15, -0.1) is 0 Å². The maximum atomic E-state index is 6.02. The van der Waals surface area contributed by atoms with Crippen LogP contribution in [0, 0.1) is 5.92 Å². The lowest BCUT2D eigenvalue weighted by molar-refractivity contribution is -0.144. The number of ether oxygens (including phenoxy) is 1. The first-order valence-corrected chi connectivity index (χ1v) is 7.70. The first kappa shape index (κ1) is 13.1. The summed E-state index contributed by atoms with van der Waals surface area (Å²) in [5.74, 6) is 1.31. The van der Waals surface area contributed by atoms with Gasteiger partial charge in [0.2, 0.25) is 0 Å². The smallest absolute Gasteiger partial charge is 0.0685 e. The molecule has 2 aliphatic rings. The van der Waals surface area contributed by atoms with E-state index in [1.54, 1.807) is 0 Å². The van der Waals surface area contributed by atoms with E-state index in [9.17, 15) is 0 Å². The van der Waals surface area contributed by atoms with E-state index in [0.29, 0.717) is 5.92 Å². The summed E-state index contributed by atoms with van der Waals surface area (Å²) >= 11 is 0. The van der Waals surface area contributed by atoms with Crippen LogP contribution in [0.5, 0.6) is 0 Å². The monoisotopic (exact) mass is 259 g/mol. The Morgan fingerprint density at radius 1 is 1.26 bits per heavy atom. The number of benzene rings is 1. The molecule has 0 amide bonds. The summed E-state index contributed by atoms with van der Waals surface area (Å²) in [4.78, 5) is 0. The average Bonchev–Trinajstić information content (AvgIpc) is 2.44. The van der Waals surface area contributed by atoms with Crippen LogP contribution in [0.2, 0.25) is 0 Å². The normalized spacial score (nSPS) is 26.9. The van der Waals surface area contributed by atoms with Crippen molar-refractivity contribution in [2.75, 3.05) is 13.2 Å². The van der Waals surface area contributed by atoms with Gasteiger partial charge in [-0.2, -0.15) is 0 Å². The molecule has 1 saturated heterocycles. The SMILES string of the molecule is NCC(CC1CCOC2(CCC2)C1)c1ccccc1. The Morgan fingerprint density at radius 2 is 2.05 bits per heavy atom. The Bertz CT molecular complexity index is 399. The highest BCUT2D eigenvalue weighted by atomic mass is 16.5. The molecule has 3 rings (SSSR count). The molecule has 2 atom stereocenters. The molecule has 1 aromatic rings. The molecule has 1 aliphatic heterocycles. The van der Waals surface area contributed by atoms with Crippen molar-refractivity contribution in [3.63, 3.8) is 0 Å². The zero-order valence-electron chi connectivity index (χ0n) is 11.7. The van der Waals surface area contributed by atoms with Gasteiger partial charge in [0.1, 0.15) is 0 Å². The highest BCUT2D eigenvalue weighted by Crippen LogP contribution is 2.46. The van der Waals surface area contributed by atoms with Gasteiger partial charge in [-0.3, -0.25) is 0 Å². The number of hydrogen-bond acceptors (Lipinski definition) is 2. The predicted molar refractivity (Wildman–Crippen MR) is 78.1 cm³/mol. The minimum Gasteiger partial charge on any atom is -0.375 e. The second-order valence-corrected chi connectivity index (χ2v) is 6.32. The number of nitrogens with two attached hydrogens (primary N) is 1. The van der Waals surface area contributed by atoms with Gasteiger partial charge < -0.3 is 10.5 Å². The molecule has 1 aliphatic carbocycles. The van der Waals surface area contributed by atoms with Gasteiger partial charge in [0.25, 0.3) is 0 Å². The predicted octanol–water partition coefficient (Wildman–Crippen LogP) is 3.47. The molecular formula is C17H25NO. The third-order valence-electron chi connectivity index (χ3n) is 5.03. The Balaban J connectivity index is 1.63. The fourth-order valence-corrected chi connectivity index (χ4v) is 3.75. The maximum Gasteiger partial charge on any atom is 0.0685 e. The zero-order chi connectivity index (χ0) is 13.1. The van der Waals surface area contributed by atoms with Crippen LogP contribution in [0.25, 0.3) is 0 Å². The summed E-state index contributed by atoms with van der Waals surface area (Å²) in [6.07, 6.45) is 7.61. The van der Waals surface area contributed by atoms with Gasteiger partial charge in [0.05, 0.1) is 5.60 Å². The fraction of sp³-hybridized carbons (Fsp3) is 0.647. The molecule has 0 bridgehead atoms. The largest absolute Gasteiger partial charge is 0.375 e. The van der Waals surface area contributed by atoms with Crippen molar-refractivity contribution in [1.82, 2.24) is 0 Å². The van der Waals surface area contributed by atoms with E-state index in [2.05, 4.69) is 30.3 Å². The Hall–Kier alpha value is -0.860. The Morgan fingerprint density at radius 3 is 2.68 bits per heavy atom. The van der Waals surface area contributed by atoms with Crippen molar-refractivity contribution >= 4 is 0 Å². The molecular weight excluding hydrogens is 234 g/mol. The molecule has 2 nitrogen and oxygen atoms in total. The van der Waals surface area contributed by atoms with Gasteiger partial charge in [-0.1, -0.05) is 30.3 Å². The molecule has 1 saturated carbocycles. The molecule has 2 heteroatoms. The summed E-state index contributed by atoms with van der Waals surface area (Å²) in [5.41, 5.74) is 7.67. The van der Waals surface area contributed by atoms with Crippen LogP contribution in [0.15, 0.2) is 30.3 Å². The lowest BCUT2D eigenvalue weighted by Crippen LogP contribution is -2.45. The van der Waals surface area contributed by atoms with E-state index in [0.717, 1.165) is 19.1 Å². The number of rotatable bonds is 4. The molecule has 2 unspecified atom stereocenters. The minimum absolute atomic E-state index is 0.263. The van der Waals surface area contributed by atoms with Crippen LogP contribution in [-0.4, -0.2) is 18.8 Å². The molecule has 2 fully saturated rings. The highest BCUT2D eigenvalue weighted by molar-refractivity contribution is 5.20. The zero-order valence-corrected chi connectivity index (χ0v) is 11.7. The van der Waals surface area contributed by atoms with Crippen molar-refractivity contribution in [2.24, 2.45) is 11.7 Å². The van der Waals surface area contributed by atoms with Crippen LogP contribution in [0.3, 0.4) is 0 Å². The molecule has 1 heterocycles. The van der Waals surface area contributed by atoms with Gasteiger partial charge >= 0.3 is 0 Å². The summed E-state index contributed by atoms with van der Waals surface area (Å²) in [7, 11) is 0. The molecule has 0 aromatic heterocycles. The molecule has 0 radical (unpaired) electrons. The minimum atomic E-state index is 0.263. The first-order valence-electron chi connectivity index (χ1n) is 7.70. The molecule has 19 heavy (non-hydrogen) atoms. The van der Waals surface area contributed by atoms with Crippen LogP contribution >= 0.6 is 0 Å². The van der Waals surface area contributed by atoms with E-state index < -0.39 is 0 Å². The van der Waals surface area contributed by atoms with E-state index in [1.165, 1.54) is 44.1 Å². The lowest BCUT2D eigenvalue weighted by Gasteiger charge is -2.47.